The van der Waals surface area contributed by atoms with E-state index in [-0.39, 0.29) is 17.5 Å². The Hall–Kier alpha value is -2.83. The number of nitrogens with one attached hydrogen (secondary N) is 1. The fourth-order valence-corrected chi connectivity index (χ4v) is 3.96. The van der Waals surface area contributed by atoms with E-state index in [1.165, 1.54) is 12.1 Å². The van der Waals surface area contributed by atoms with Crippen molar-refractivity contribution in [3.63, 3.8) is 0 Å². The van der Waals surface area contributed by atoms with E-state index in [4.69, 9.17) is 9.47 Å². The van der Waals surface area contributed by atoms with E-state index in [1.54, 1.807) is 12.1 Å². The van der Waals surface area contributed by atoms with E-state index in [0.29, 0.717) is 11.5 Å². The average Bonchev–Trinajstić information content (AvgIpc) is 2.71. The maximum Gasteiger partial charge on any atom is 0.240 e. The first-order chi connectivity index (χ1) is 13.8. The molecule has 0 bridgehead atoms. The van der Waals surface area contributed by atoms with Crippen molar-refractivity contribution in [2.24, 2.45) is 0 Å². The standard InChI is InChI=1S/C23H25NO4S/c1-17-8-7-9-18(2)23(17)27-19(3)16-24-29(25,26)22-14-12-21(13-15-22)28-20-10-5-4-6-11-20/h4-15,19,24H,16H2,1-3H3. The maximum absolute atomic E-state index is 12.6. The molecule has 1 N–H and O–H groups in total. The Morgan fingerprint density at radius 3 is 2.03 bits per heavy atom. The molecule has 0 aliphatic carbocycles. The van der Waals surface area contributed by atoms with Crippen LogP contribution >= 0.6 is 0 Å². The molecule has 6 heteroatoms. The minimum Gasteiger partial charge on any atom is -0.489 e. The Kier molecular flexibility index (Phi) is 6.56. The second kappa shape index (κ2) is 9.11. The first kappa shape index (κ1) is 20.9. The molecular weight excluding hydrogens is 386 g/mol. The molecule has 1 unspecified atom stereocenters. The van der Waals surface area contributed by atoms with Crippen LogP contribution in [0.5, 0.6) is 17.2 Å². The summed E-state index contributed by atoms with van der Waals surface area (Å²) >= 11 is 0. The van der Waals surface area contributed by atoms with Gasteiger partial charge in [0.15, 0.2) is 0 Å². The van der Waals surface area contributed by atoms with Crippen molar-refractivity contribution in [3.8, 4) is 17.2 Å². The van der Waals surface area contributed by atoms with Gasteiger partial charge in [-0.05, 0) is 68.3 Å². The molecule has 0 aliphatic rings. The van der Waals surface area contributed by atoms with Crippen molar-refractivity contribution in [1.82, 2.24) is 4.72 Å². The molecule has 0 heterocycles. The van der Waals surface area contributed by atoms with Crippen molar-refractivity contribution in [2.75, 3.05) is 6.54 Å². The summed E-state index contributed by atoms with van der Waals surface area (Å²) in [5, 5.41) is 0. The van der Waals surface area contributed by atoms with Crippen molar-refractivity contribution < 1.29 is 17.9 Å². The van der Waals surface area contributed by atoms with Gasteiger partial charge in [-0.3, -0.25) is 0 Å². The number of aryl methyl sites for hydroxylation is 2. The number of para-hydroxylation sites is 2. The SMILES string of the molecule is Cc1cccc(C)c1OC(C)CNS(=O)(=O)c1ccc(Oc2ccccc2)cc1. The van der Waals surface area contributed by atoms with Gasteiger partial charge in [-0.25, -0.2) is 13.1 Å². The molecule has 29 heavy (non-hydrogen) atoms. The molecule has 0 saturated carbocycles. The molecule has 0 saturated heterocycles. The zero-order valence-electron chi connectivity index (χ0n) is 16.8. The molecular formula is C23H25NO4S. The van der Waals surface area contributed by atoms with Gasteiger partial charge in [0.2, 0.25) is 10.0 Å². The van der Waals surface area contributed by atoms with Crippen LogP contribution in [0.3, 0.4) is 0 Å². The number of hydrogen-bond acceptors (Lipinski definition) is 4. The van der Waals surface area contributed by atoms with Crippen LogP contribution in [0.4, 0.5) is 0 Å². The van der Waals surface area contributed by atoms with Crippen LogP contribution in [-0.2, 0) is 10.0 Å². The lowest BCUT2D eigenvalue weighted by Crippen LogP contribution is -2.33. The highest BCUT2D eigenvalue weighted by atomic mass is 32.2. The lowest BCUT2D eigenvalue weighted by molar-refractivity contribution is 0.222. The summed E-state index contributed by atoms with van der Waals surface area (Å²) in [4.78, 5) is 0.178. The molecule has 152 valence electrons. The molecule has 0 aromatic heterocycles. The highest BCUT2D eigenvalue weighted by Crippen LogP contribution is 2.24. The molecule has 1 atom stereocenters. The van der Waals surface area contributed by atoms with Crippen LogP contribution in [0.1, 0.15) is 18.1 Å². The molecule has 0 fully saturated rings. The van der Waals surface area contributed by atoms with E-state index >= 15 is 0 Å². The topological polar surface area (TPSA) is 64.6 Å². The smallest absolute Gasteiger partial charge is 0.240 e. The highest BCUT2D eigenvalue weighted by Gasteiger charge is 2.17. The van der Waals surface area contributed by atoms with E-state index in [0.717, 1.165) is 16.9 Å². The minimum absolute atomic E-state index is 0.165. The third kappa shape index (κ3) is 5.59. The second-order valence-corrected chi connectivity index (χ2v) is 8.65. The van der Waals surface area contributed by atoms with Crippen molar-refractivity contribution in [1.29, 1.82) is 0 Å². The number of ether oxygens (including phenoxy) is 2. The van der Waals surface area contributed by atoms with Crippen LogP contribution < -0.4 is 14.2 Å². The molecule has 0 aliphatic heterocycles. The predicted octanol–water partition coefficient (Wildman–Crippen LogP) is 4.84. The first-order valence-electron chi connectivity index (χ1n) is 9.40. The number of rotatable bonds is 8. The number of sulfonamides is 1. The van der Waals surface area contributed by atoms with Crippen molar-refractivity contribution in [2.45, 2.75) is 31.8 Å². The quantitative estimate of drug-likeness (QED) is 0.576. The second-order valence-electron chi connectivity index (χ2n) is 6.89. The van der Waals surface area contributed by atoms with Crippen LogP contribution in [-0.4, -0.2) is 21.1 Å². The number of benzene rings is 3. The van der Waals surface area contributed by atoms with Gasteiger partial charge < -0.3 is 9.47 Å². The van der Waals surface area contributed by atoms with Gasteiger partial charge in [-0.1, -0.05) is 36.4 Å². The molecule has 3 rings (SSSR count). The van der Waals surface area contributed by atoms with Crippen LogP contribution in [0.2, 0.25) is 0 Å². The van der Waals surface area contributed by atoms with Crippen molar-refractivity contribution >= 4 is 10.0 Å². The zero-order chi connectivity index (χ0) is 20.9. The lowest BCUT2D eigenvalue weighted by atomic mass is 10.1. The van der Waals surface area contributed by atoms with E-state index in [9.17, 15) is 8.42 Å². The largest absolute Gasteiger partial charge is 0.489 e. The summed E-state index contributed by atoms with van der Waals surface area (Å²) in [5.74, 6) is 2.06. The Bertz CT molecular complexity index is 1030. The van der Waals surface area contributed by atoms with Gasteiger partial charge in [-0.15, -0.1) is 0 Å². The Morgan fingerprint density at radius 1 is 0.828 bits per heavy atom. The lowest BCUT2D eigenvalue weighted by Gasteiger charge is -2.19. The van der Waals surface area contributed by atoms with Gasteiger partial charge in [0.1, 0.15) is 23.4 Å². The molecule has 5 nitrogen and oxygen atoms in total. The Balaban J connectivity index is 1.60. The van der Waals surface area contributed by atoms with Gasteiger partial charge in [0.25, 0.3) is 0 Å². The fraction of sp³-hybridized carbons (Fsp3) is 0.217. The summed E-state index contributed by atoms with van der Waals surface area (Å²) in [6.07, 6.45) is -0.315. The van der Waals surface area contributed by atoms with Crippen LogP contribution in [0.15, 0.2) is 77.7 Å². The summed E-state index contributed by atoms with van der Waals surface area (Å²) < 4.78 is 39.4. The molecule has 0 amide bonds. The molecule has 3 aromatic rings. The predicted molar refractivity (Wildman–Crippen MR) is 114 cm³/mol. The monoisotopic (exact) mass is 411 g/mol. The third-order valence-corrected chi connectivity index (χ3v) is 5.84. The van der Waals surface area contributed by atoms with E-state index < -0.39 is 10.0 Å². The van der Waals surface area contributed by atoms with Gasteiger partial charge >= 0.3 is 0 Å². The Morgan fingerprint density at radius 2 is 1.41 bits per heavy atom. The summed E-state index contributed by atoms with van der Waals surface area (Å²) in [7, 11) is -3.64. The Labute approximate surface area is 172 Å². The minimum atomic E-state index is -3.64. The summed E-state index contributed by atoms with van der Waals surface area (Å²) in [6.45, 7) is 5.94. The normalized spacial score (nSPS) is 12.4. The van der Waals surface area contributed by atoms with Crippen LogP contribution in [0, 0.1) is 13.8 Å². The first-order valence-corrected chi connectivity index (χ1v) is 10.9. The molecule has 0 spiro atoms. The highest BCUT2D eigenvalue weighted by molar-refractivity contribution is 7.89. The van der Waals surface area contributed by atoms with Crippen LogP contribution in [0.25, 0.3) is 0 Å². The zero-order valence-corrected chi connectivity index (χ0v) is 17.6. The third-order valence-electron chi connectivity index (χ3n) is 4.40. The number of hydrogen-bond donors (Lipinski definition) is 1. The van der Waals surface area contributed by atoms with Crippen molar-refractivity contribution in [3.05, 3.63) is 83.9 Å². The van der Waals surface area contributed by atoms with Gasteiger partial charge in [0.05, 0.1) is 4.90 Å². The van der Waals surface area contributed by atoms with E-state index in [1.807, 2.05) is 69.3 Å². The maximum atomic E-state index is 12.6. The summed E-state index contributed by atoms with van der Waals surface area (Å²) in [5.41, 5.74) is 2.04. The molecule has 3 aromatic carbocycles. The fourth-order valence-electron chi connectivity index (χ4n) is 2.85. The average molecular weight is 412 g/mol. The van der Waals surface area contributed by atoms with E-state index in [2.05, 4.69) is 4.72 Å². The summed E-state index contributed by atoms with van der Waals surface area (Å²) in [6, 6.07) is 21.6. The van der Waals surface area contributed by atoms with Gasteiger partial charge in [0, 0.05) is 6.54 Å². The van der Waals surface area contributed by atoms with Gasteiger partial charge in [-0.2, -0.15) is 0 Å². The molecule has 0 radical (unpaired) electrons.